The van der Waals surface area contributed by atoms with Crippen LogP contribution in [0.2, 0.25) is 33.2 Å². The Labute approximate surface area is 234 Å². The third kappa shape index (κ3) is 6.32. The van der Waals surface area contributed by atoms with Gasteiger partial charge in [-0.1, -0.05) is 83.1 Å². The van der Waals surface area contributed by atoms with Gasteiger partial charge in [0.1, 0.15) is 18.0 Å². The Morgan fingerprint density at radius 1 is 0.838 bits per heavy atom. The minimum Gasteiger partial charge on any atom is -0.486 e. The molecule has 1 aromatic heterocycles. The van der Waals surface area contributed by atoms with Gasteiger partial charge in [-0.3, -0.25) is 4.98 Å². The summed E-state index contributed by atoms with van der Waals surface area (Å²) in [6, 6.07) is 1.90. The molecule has 212 valence electrons. The predicted octanol–water partition coefficient (Wildman–Crippen LogP) is 8.76. The van der Waals surface area contributed by atoms with Crippen molar-refractivity contribution in [3.63, 3.8) is 0 Å². The fourth-order valence-corrected chi connectivity index (χ4v) is 18.5. The lowest BCUT2D eigenvalue weighted by Gasteiger charge is -2.51. The number of halogens is 1. The molecule has 0 amide bonds. The van der Waals surface area contributed by atoms with Crippen LogP contribution in [0.1, 0.15) is 88.6 Å². The molecule has 2 N–H and O–H groups in total. The maximum Gasteiger partial charge on any atom is 0.201 e. The molecular formula is C29H53ClN2O3Si2. The lowest BCUT2D eigenvalue weighted by atomic mass is 10.0. The first kappa shape index (κ1) is 32.3. The summed E-state index contributed by atoms with van der Waals surface area (Å²) in [4.78, 5) is 4.17. The number of pyridine rings is 1. The molecule has 0 aliphatic carbocycles. The van der Waals surface area contributed by atoms with E-state index in [1.165, 1.54) is 0 Å². The molecule has 0 aromatic carbocycles. The van der Waals surface area contributed by atoms with E-state index in [1.807, 2.05) is 6.07 Å². The van der Waals surface area contributed by atoms with Gasteiger partial charge in [0.15, 0.2) is 0 Å². The monoisotopic (exact) mass is 568 g/mol. The second kappa shape index (κ2) is 13.0. The number of ether oxygens (including phenoxy) is 1. The zero-order valence-corrected chi connectivity index (χ0v) is 28.1. The standard InChI is InChI=1S/C29H53ClN2O3Si2/c1-18(2)36(19(3)4,20(5)6)34-27-15-26(24-13-14-32-17-25(24)31)33-28(16-30)29(27)35-37(21(7)8,22(9)10)23(11)12/h13-15,17-23,27-29H,16,31H2,1-12H3/t27-,28-,29+/m1/s1. The topological polar surface area (TPSA) is 66.6 Å². The minimum absolute atomic E-state index is 0.276. The Morgan fingerprint density at radius 2 is 1.30 bits per heavy atom. The van der Waals surface area contributed by atoms with E-state index in [2.05, 4.69) is 94.1 Å². The van der Waals surface area contributed by atoms with Crippen molar-refractivity contribution in [1.82, 2.24) is 4.98 Å². The highest BCUT2D eigenvalue weighted by Crippen LogP contribution is 2.48. The van der Waals surface area contributed by atoms with Gasteiger partial charge < -0.3 is 19.3 Å². The summed E-state index contributed by atoms with van der Waals surface area (Å²) in [5.41, 5.74) is 10.4. The van der Waals surface area contributed by atoms with E-state index < -0.39 is 16.6 Å². The van der Waals surface area contributed by atoms with Crippen molar-refractivity contribution in [1.29, 1.82) is 0 Å². The minimum atomic E-state index is -2.25. The molecule has 0 fully saturated rings. The van der Waals surface area contributed by atoms with Crippen LogP contribution >= 0.6 is 11.6 Å². The van der Waals surface area contributed by atoms with Crippen LogP contribution in [0.25, 0.3) is 5.76 Å². The molecule has 5 nitrogen and oxygen atoms in total. The summed E-state index contributed by atoms with van der Waals surface area (Å²) in [6.45, 7) is 27.8. The average molecular weight is 569 g/mol. The van der Waals surface area contributed by atoms with Crippen molar-refractivity contribution >= 4 is 39.7 Å². The van der Waals surface area contributed by atoms with E-state index in [0.717, 1.165) is 5.56 Å². The largest absolute Gasteiger partial charge is 0.486 e. The smallest absolute Gasteiger partial charge is 0.201 e. The zero-order valence-electron chi connectivity index (χ0n) is 25.3. The van der Waals surface area contributed by atoms with Crippen molar-refractivity contribution < 1.29 is 13.6 Å². The zero-order chi connectivity index (χ0) is 28.3. The number of anilines is 1. The summed E-state index contributed by atoms with van der Waals surface area (Å²) >= 11 is 6.65. The van der Waals surface area contributed by atoms with Gasteiger partial charge >= 0.3 is 0 Å². The summed E-state index contributed by atoms with van der Waals surface area (Å²) in [7, 11) is -4.50. The molecule has 3 atom stereocenters. The number of alkyl halides is 1. The van der Waals surface area contributed by atoms with E-state index >= 15 is 0 Å². The molecule has 0 unspecified atom stereocenters. The SMILES string of the molecule is CC(C)[Si](O[C@H]1[C@H](O[Si](C(C)C)(C(C)C)C(C)C)C=C(c2ccncc2N)O[C@@H]1CCl)(C(C)C)C(C)C. The van der Waals surface area contributed by atoms with Crippen molar-refractivity contribution in [3.8, 4) is 0 Å². The van der Waals surface area contributed by atoms with Gasteiger partial charge in [0, 0.05) is 11.8 Å². The number of hydrogen-bond acceptors (Lipinski definition) is 5. The highest BCUT2D eigenvalue weighted by atomic mass is 35.5. The Bertz CT molecular complexity index is 861. The number of rotatable bonds is 12. The molecule has 2 heterocycles. The molecule has 1 aromatic rings. The molecule has 37 heavy (non-hydrogen) atoms. The maximum absolute atomic E-state index is 7.45. The third-order valence-corrected chi connectivity index (χ3v) is 21.1. The summed E-state index contributed by atoms with van der Waals surface area (Å²) in [5, 5.41) is 0. The summed E-state index contributed by atoms with van der Waals surface area (Å²) in [5.74, 6) is 1.02. The molecule has 8 heteroatoms. The number of nitrogens with zero attached hydrogens (tertiary/aromatic N) is 1. The lowest BCUT2D eigenvalue weighted by molar-refractivity contribution is -0.0346. The summed E-state index contributed by atoms with van der Waals surface area (Å²) < 4.78 is 21.4. The number of nitrogens with two attached hydrogens (primary N) is 1. The van der Waals surface area contributed by atoms with Crippen LogP contribution in [0.3, 0.4) is 0 Å². The van der Waals surface area contributed by atoms with Crippen molar-refractivity contribution in [2.75, 3.05) is 11.6 Å². The van der Waals surface area contributed by atoms with Gasteiger partial charge in [-0.15, -0.1) is 11.6 Å². The van der Waals surface area contributed by atoms with E-state index in [-0.39, 0.29) is 18.3 Å². The maximum atomic E-state index is 7.45. The molecule has 1 aliphatic rings. The Balaban J connectivity index is 2.76. The number of hydrogen-bond donors (Lipinski definition) is 1. The number of nitrogen functional groups attached to an aromatic ring is 1. The third-order valence-electron chi connectivity index (χ3n) is 8.65. The fourth-order valence-electron chi connectivity index (χ4n) is 7.16. The molecule has 0 spiro atoms. The molecule has 1 aliphatic heterocycles. The predicted molar refractivity (Wildman–Crippen MR) is 164 cm³/mol. The van der Waals surface area contributed by atoms with Gasteiger partial charge in [0.25, 0.3) is 0 Å². The van der Waals surface area contributed by atoms with Crippen LogP contribution in [-0.4, -0.2) is 45.8 Å². The first-order chi connectivity index (χ1) is 17.2. The Hall–Kier alpha value is -0.866. The molecular weight excluding hydrogens is 516 g/mol. The molecule has 2 rings (SSSR count). The van der Waals surface area contributed by atoms with Crippen molar-refractivity contribution in [3.05, 3.63) is 30.1 Å². The van der Waals surface area contributed by atoms with E-state index in [1.54, 1.807) is 12.4 Å². The van der Waals surface area contributed by atoms with E-state index in [9.17, 15) is 0 Å². The van der Waals surface area contributed by atoms with E-state index in [0.29, 0.717) is 50.6 Å². The quantitative estimate of drug-likeness (QED) is 0.201. The first-order valence-electron chi connectivity index (χ1n) is 14.2. The van der Waals surface area contributed by atoms with Crippen LogP contribution < -0.4 is 5.73 Å². The highest BCUT2D eigenvalue weighted by molar-refractivity contribution is 6.78. The van der Waals surface area contributed by atoms with Crippen LogP contribution in [0.4, 0.5) is 5.69 Å². The van der Waals surface area contributed by atoms with Crippen molar-refractivity contribution in [2.45, 2.75) is 135 Å². The molecule has 0 bridgehead atoms. The van der Waals surface area contributed by atoms with Gasteiger partial charge in [0.2, 0.25) is 16.6 Å². The second-order valence-electron chi connectivity index (χ2n) is 12.6. The highest BCUT2D eigenvalue weighted by Gasteiger charge is 2.53. The van der Waals surface area contributed by atoms with Crippen LogP contribution in [-0.2, 0) is 13.6 Å². The Morgan fingerprint density at radius 3 is 1.70 bits per heavy atom. The fraction of sp³-hybridized carbons (Fsp3) is 0.759. The Kier molecular flexibility index (Phi) is 11.4. The van der Waals surface area contributed by atoms with Gasteiger partial charge in [0.05, 0.1) is 23.9 Å². The van der Waals surface area contributed by atoms with Crippen LogP contribution in [0.5, 0.6) is 0 Å². The first-order valence-corrected chi connectivity index (χ1v) is 19.0. The lowest BCUT2D eigenvalue weighted by Crippen LogP contribution is -2.60. The van der Waals surface area contributed by atoms with Gasteiger partial charge in [-0.05, 0) is 45.4 Å². The average Bonchev–Trinajstić information content (AvgIpc) is 2.79. The summed E-state index contributed by atoms with van der Waals surface area (Å²) in [6.07, 6.45) is 4.62. The van der Waals surface area contributed by atoms with Gasteiger partial charge in [-0.2, -0.15) is 0 Å². The van der Waals surface area contributed by atoms with Crippen LogP contribution in [0.15, 0.2) is 24.5 Å². The van der Waals surface area contributed by atoms with Crippen molar-refractivity contribution in [2.24, 2.45) is 0 Å². The van der Waals surface area contributed by atoms with Gasteiger partial charge in [-0.25, -0.2) is 0 Å². The normalized spacial score (nSPS) is 21.5. The molecule has 0 saturated heterocycles. The second-order valence-corrected chi connectivity index (χ2v) is 23.7. The number of aromatic nitrogens is 1. The molecule has 0 saturated carbocycles. The molecule has 0 radical (unpaired) electrons. The van der Waals surface area contributed by atoms with E-state index in [4.69, 9.17) is 30.9 Å². The van der Waals surface area contributed by atoms with Crippen LogP contribution in [0, 0.1) is 0 Å².